The molecule has 0 saturated carbocycles. The number of carbonyl (C=O) groups is 2. The lowest BCUT2D eigenvalue weighted by atomic mass is 9.97. The average molecular weight is 304 g/mol. The van der Waals surface area contributed by atoms with E-state index in [0.29, 0.717) is 17.9 Å². The lowest BCUT2D eigenvalue weighted by Gasteiger charge is -2.29. The standard InChI is InChI=1S/C17H24N2O3/c1-4-22-17(21)14-8-5-9-15(12(14)2)18-16(20)13-7-6-10-19(3)11-13/h5,8-9,13H,4,6-7,10-11H2,1-3H3,(H,18,20)/t13-/m1/s1. The number of likely N-dealkylation sites (tertiary alicyclic amines) is 1. The molecule has 0 aliphatic carbocycles. The number of esters is 1. The first-order chi connectivity index (χ1) is 10.5. The minimum atomic E-state index is -0.353. The summed E-state index contributed by atoms with van der Waals surface area (Å²) in [5.41, 5.74) is 1.93. The molecule has 22 heavy (non-hydrogen) atoms. The van der Waals surface area contributed by atoms with Crippen molar-refractivity contribution < 1.29 is 14.3 Å². The second-order valence-corrected chi connectivity index (χ2v) is 5.79. The van der Waals surface area contributed by atoms with Crippen LogP contribution in [-0.2, 0) is 9.53 Å². The quantitative estimate of drug-likeness (QED) is 0.868. The van der Waals surface area contributed by atoms with Gasteiger partial charge in [-0.05, 0) is 58.0 Å². The minimum Gasteiger partial charge on any atom is -0.462 e. The SMILES string of the molecule is CCOC(=O)c1cccc(NC(=O)[C@@H]2CCCN(C)C2)c1C. The maximum Gasteiger partial charge on any atom is 0.338 e. The van der Waals surface area contributed by atoms with Crippen molar-refractivity contribution in [3.8, 4) is 0 Å². The summed E-state index contributed by atoms with van der Waals surface area (Å²) in [4.78, 5) is 26.5. The van der Waals surface area contributed by atoms with Crippen molar-refractivity contribution in [2.45, 2.75) is 26.7 Å². The second-order valence-electron chi connectivity index (χ2n) is 5.79. The van der Waals surface area contributed by atoms with E-state index < -0.39 is 0 Å². The van der Waals surface area contributed by atoms with Gasteiger partial charge in [0.1, 0.15) is 0 Å². The molecule has 1 aromatic carbocycles. The zero-order valence-corrected chi connectivity index (χ0v) is 13.5. The van der Waals surface area contributed by atoms with Gasteiger partial charge < -0.3 is 15.0 Å². The number of carbonyl (C=O) groups excluding carboxylic acids is 2. The molecule has 5 heteroatoms. The van der Waals surface area contributed by atoms with Crippen molar-refractivity contribution in [1.82, 2.24) is 4.90 Å². The fourth-order valence-electron chi connectivity index (χ4n) is 2.82. The van der Waals surface area contributed by atoms with E-state index >= 15 is 0 Å². The number of anilines is 1. The van der Waals surface area contributed by atoms with E-state index in [9.17, 15) is 9.59 Å². The van der Waals surface area contributed by atoms with Crippen LogP contribution in [0.4, 0.5) is 5.69 Å². The van der Waals surface area contributed by atoms with Gasteiger partial charge in [-0.15, -0.1) is 0 Å². The summed E-state index contributed by atoms with van der Waals surface area (Å²) in [6.07, 6.45) is 1.95. The molecule has 1 saturated heterocycles. The summed E-state index contributed by atoms with van der Waals surface area (Å²) in [6.45, 7) is 5.76. The molecule has 0 radical (unpaired) electrons. The maximum absolute atomic E-state index is 12.4. The van der Waals surface area contributed by atoms with E-state index in [4.69, 9.17) is 4.74 Å². The molecule has 120 valence electrons. The van der Waals surface area contributed by atoms with Crippen LogP contribution in [0, 0.1) is 12.8 Å². The number of rotatable bonds is 4. The maximum atomic E-state index is 12.4. The molecule has 1 fully saturated rings. The Morgan fingerprint density at radius 2 is 2.18 bits per heavy atom. The number of amides is 1. The Morgan fingerprint density at radius 3 is 2.86 bits per heavy atom. The number of hydrogen-bond donors (Lipinski definition) is 1. The highest BCUT2D eigenvalue weighted by Crippen LogP contribution is 2.22. The summed E-state index contributed by atoms with van der Waals surface area (Å²) in [5, 5.41) is 2.96. The van der Waals surface area contributed by atoms with Crippen LogP contribution in [0.5, 0.6) is 0 Å². The lowest BCUT2D eigenvalue weighted by molar-refractivity contribution is -0.121. The molecule has 1 aliphatic rings. The van der Waals surface area contributed by atoms with Gasteiger partial charge in [0, 0.05) is 12.2 Å². The molecule has 5 nitrogen and oxygen atoms in total. The summed E-state index contributed by atoms with van der Waals surface area (Å²) >= 11 is 0. The van der Waals surface area contributed by atoms with Crippen molar-refractivity contribution in [2.24, 2.45) is 5.92 Å². The Balaban J connectivity index is 2.11. The van der Waals surface area contributed by atoms with E-state index in [2.05, 4.69) is 10.2 Å². The Morgan fingerprint density at radius 1 is 1.41 bits per heavy atom. The highest BCUT2D eigenvalue weighted by molar-refractivity contribution is 5.97. The van der Waals surface area contributed by atoms with Gasteiger partial charge in [-0.25, -0.2) is 4.79 Å². The largest absolute Gasteiger partial charge is 0.462 e. The summed E-state index contributed by atoms with van der Waals surface area (Å²) in [7, 11) is 2.03. The minimum absolute atomic E-state index is 0.00407. The average Bonchev–Trinajstić information content (AvgIpc) is 2.49. The van der Waals surface area contributed by atoms with E-state index in [0.717, 1.165) is 31.5 Å². The van der Waals surface area contributed by atoms with Crippen molar-refractivity contribution >= 4 is 17.6 Å². The highest BCUT2D eigenvalue weighted by Gasteiger charge is 2.24. The molecule has 1 aliphatic heterocycles. The number of hydrogen-bond acceptors (Lipinski definition) is 4. The van der Waals surface area contributed by atoms with E-state index in [-0.39, 0.29) is 17.8 Å². The Labute approximate surface area is 131 Å². The monoisotopic (exact) mass is 304 g/mol. The summed E-state index contributed by atoms with van der Waals surface area (Å²) in [6, 6.07) is 5.31. The Kier molecular flexibility index (Phi) is 5.55. The third-order valence-electron chi connectivity index (χ3n) is 4.08. The number of ether oxygens (including phenoxy) is 1. The third kappa shape index (κ3) is 3.85. The van der Waals surface area contributed by atoms with Crippen molar-refractivity contribution in [1.29, 1.82) is 0 Å². The second kappa shape index (κ2) is 7.40. The van der Waals surface area contributed by atoms with Crippen LogP contribution in [0.2, 0.25) is 0 Å². The molecule has 1 N–H and O–H groups in total. The molecule has 0 aromatic heterocycles. The Bertz CT molecular complexity index is 557. The molecular formula is C17H24N2O3. The fourth-order valence-corrected chi connectivity index (χ4v) is 2.82. The first kappa shape index (κ1) is 16.5. The van der Waals surface area contributed by atoms with Crippen molar-refractivity contribution in [3.63, 3.8) is 0 Å². The van der Waals surface area contributed by atoms with Gasteiger partial charge in [0.25, 0.3) is 0 Å². The van der Waals surface area contributed by atoms with Gasteiger partial charge >= 0.3 is 5.97 Å². The molecule has 0 spiro atoms. The van der Waals surface area contributed by atoms with Crippen LogP contribution in [0.15, 0.2) is 18.2 Å². The number of piperidine rings is 1. The van der Waals surface area contributed by atoms with E-state index in [1.54, 1.807) is 19.1 Å². The van der Waals surface area contributed by atoms with Crippen molar-refractivity contribution in [2.75, 3.05) is 32.1 Å². The highest BCUT2D eigenvalue weighted by atomic mass is 16.5. The van der Waals surface area contributed by atoms with Gasteiger partial charge in [-0.3, -0.25) is 4.79 Å². The normalized spacial score (nSPS) is 18.8. The topological polar surface area (TPSA) is 58.6 Å². The molecule has 1 amide bonds. The molecule has 1 aromatic rings. The summed E-state index contributed by atoms with van der Waals surface area (Å²) < 4.78 is 5.04. The summed E-state index contributed by atoms with van der Waals surface area (Å²) in [5.74, 6) is -0.325. The zero-order chi connectivity index (χ0) is 16.1. The molecule has 0 bridgehead atoms. The van der Waals surface area contributed by atoms with Gasteiger partial charge in [-0.1, -0.05) is 6.07 Å². The van der Waals surface area contributed by atoms with Crippen LogP contribution >= 0.6 is 0 Å². The molecule has 1 heterocycles. The van der Waals surface area contributed by atoms with Crippen LogP contribution in [0.25, 0.3) is 0 Å². The first-order valence-corrected chi connectivity index (χ1v) is 7.79. The third-order valence-corrected chi connectivity index (χ3v) is 4.08. The van der Waals surface area contributed by atoms with Crippen LogP contribution in [0.1, 0.15) is 35.7 Å². The molecule has 0 unspecified atom stereocenters. The number of nitrogens with zero attached hydrogens (tertiary/aromatic N) is 1. The smallest absolute Gasteiger partial charge is 0.338 e. The van der Waals surface area contributed by atoms with Gasteiger partial charge in [0.15, 0.2) is 0 Å². The number of benzene rings is 1. The predicted octanol–water partition coefficient (Wildman–Crippen LogP) is 2.45. The zero-order valence-electron chi connectivity index (χ0n) is 13.5. The van der Waals surface area contributed by atoms with E-state index in [1.807, 2.05) is 20.0 Å². The molecular weight excluding hydrogens is 280 g/mol. The van der Waals surface area contributed by atoms with Gasteiger partial charge in [0.05, 0.1) is 18.1 Å². The van der Waals surface area contributed by atoms with Gasteiger partial charge in [0.2, 0.25) is 5.91 Å². The van der Waals surface area contributed by atoms with Crippen LogP contribution < -0.4 is 5.32 Å². The van der Waals surface area contributed by atoms with Gasteiger partial charge in [-0.2, -0.15) is 0 Å². The van der Waals surface area contributed by atoms with Crippen LogP contribution in [0.3, 0.4) is 0 Å². The fraction of sp³-hybridized carbons (Fsp3) is 0.529. The molecule has 2 rings (SSSR count). The Hall–Kier alpha value is -1.88. The lowest BCUT2D eigenvalue weighted by Crippen LogP contribution is -2.38. The first-order valence-electron chi connectivity index (χ1n) is 7.79. The molecule has 1 atom stereocenters. The van der Waals surface area contributed by atoms with Crippen molar-refractivity contribution in [3.05, 3.63) is 29.3 Å². The van der Waals surface area contributed by atoms with Crippen LogP contribution in [-0.4, -0.2) is 43.5 Å². The number of nitrogens with one attached hydrogen (secondary N) is 1. The predicted molar refractivity (Wildman–Crippen MR) is 86.0 cm³/mol. The van der Waals surface area contributed by atoms with E-state index in [1.165, 1.54) is 0 Å².